The van der Waals surface area contributed by atoms with Crippen LogP contribution in [-0.4, -0.2) is 29.1 Å². The summed E-state index contributed by atoms with van der Waals surface area (Å²) in [6.45, 7) is 0. The molecule has 2 atom stereocenters. The Hall–Kier alpha value is -2.15. The average molecular weight is 380 g/mol. The van der Waals surface area contributed by atoms with Crippen molar-refractivity contribution in [3.05, 3.63) is 29.5 Å². The molecule has 0 aromatic carbocycles. The van der Waals surface area contributed by atoms with E-state index >= 15 is 4.39 Å². The van der Waals surface area contributed by atoms with Crippen LogP contribution in [0, 0.1) is 23.6 Å². The molecule has 3 saturated carbocycles. The van der Waals surface area contributed by atoms with E-state index < -0.39 is 5.82 Å². The molecule has 2 unspecified atom stereocenters. The number of carbonyl (C=O) groups excluding carboxylic acids is 1. The van der Waals surface area contributed by atoms with Crippen molar-refractivity contribution in [2.75, 3.05) is 12.4 Å². The summed E-state index contributed by atoms with van der Waals surface area (Å²) in [5.74, 6) is -0.447. The molecule has 8 heteroatoms. The van der Waals surface area contributed by atoms with Crippen molar-refractivity contribution in [2.24, 2.45) is 17.8 Å². The van der Waals surface area contributed by atoms with Crippen LogP contribution in [0.3, 0.4) is 0 Å². The Morgan fingerprint density at radius 2 is 2.04 bits per heavy atom. The van der Waals surface area contributed by atoms with Crippen LogP contribution in [0.25, 0.3) is 11.5 Å². The van der Waals surface area contributed by atoms with Gasteiger partial charge in [-0.2, -0.15) is 4.98 Å². The van der Waals surface area contributed by atoms with E-state index in [9.17, 15) is 4.79 Å². The molecular weight excluding hydrogens is 361 g/mol. The second-order valence-electron chi connectivity index (χ2n) is 6.88. The first-order chi connectivity index (χ1) is 12.6. The number of nitrogens with one attached hydrogen (secondary N) is 1. The van der Waals surface area contributed by atoms with E-state index in [1.807, 2.05) is 0 Å². The second-order valence-corrected chi connectivity index (χ2v) is 7.21. The minimum absolute atomic E-state index is 0.00640. The van der Waals surface area contributed by atoms with Crippen LogP contribution in [0.4, 0.5) is 10.2 Å². The summed E-state index contributed by atoms with van der Waals surface area (Å²) in [7, 11) is 1.39. The summed E-state index contributed by atoms with van der Waals surface area (Å²) < 4.78 is 25.2. The van der Waals surface area contributed by atoms with E-state index in [1.165, 1.54) is 13.4 Å². The van der Waals surface area contributed by atoms with Gasteiger partial charge >= 0.3 is 5.97 Å². The molecule has 2 aromatic rings. The van der Waals surface area contributed by atoms with Crippen molar-refractivity contribution in [2.45, 2.75) is 31.7 Å². The molecule has 2 aromatic heterocycles. The molecule has 2 bridgehead atoms. The Balaban J connectivity index is 1.69. The third-order valence-corrected chi connectivity index (χ3v) is 5.74. The number of fused-ring (bicyclic) bond motifs is 3. The van der Waals surface area contributed by atoms with Gasteiger partial charge in [-0.05, 0) is 61.3 Å². The van der Waals surface area contributed by atoms with Gasteiger partial charge in [-0.3, -0.25) is 4.79 Å². The Labute approximate surface area is 155 Å². The third kappa shape index (κ3) is 2.94. The smallest absolute Gasteiger partial charge is 0.311 e. The number of ether oxygens (including phenoxy) is 1. The Bertz CT molecular complexity index is 806. The van der Waals surface area contributed by atoms with Crippen molar-refractivity contribution in [1.29, 1.82) is 0 Å². The fraction of sp³-hybridized carbons (Fsp3) is 0.500. The van der Waals surface area contributed by atoms with Crippen molar-refractivity contribution in [1.82, 2.24) is 9.97 Å². The number of halogens is 2. The Morgan fingerprint density at radius 3 is 2.69 bits per heavy atom. The highest BCUT2D eigenvalue weighted by Crippen LogP contribution is 2.47. The zero-order chi connectivity index (χ0) is 18.3. The van der Waals surface area contributed by atoms with Crippen molar-refractivity contribution in [3.8, 4) is 11.5 Å². The van der Waals surface area contributed by atoms with Gasteiger partial charge in [0.05, 0.1) is 19.3 Å². The lowest BCUT2D eigenvalue weighted by atomic mass is 9.61. The maximum Gasteiger partial charge on any atom is 0.311 e. The maximum absolute atomic E-state index is 15.0. The van der Waals surface area contributed by atoms with Gasteiger partial charge in [0.25, 0.3) is 0 Å². The third-order valence-electron chi connectivity index (χ3n) is 5.57. The molecule has 6 nitrogen and oxygen atoms in total. The molecule has 3 fully saturated rings. The van der Waals surface area contributed by atoms with Gasteiger partial charge in [-0.25, -0.2) is 9.37 Å². The fourth-order valence-corrected chi connectivity index (χ4v) is 4.55. The quantitative estimate of drug-likeness (QED) is 0.641. The van der Waals surface area contributed by atoms with Crippen LogP contribution in [0.2, 0.25) is 5.28 Å². The number of rotatable bonds is 4. The highest BCUT2D eigenvalue weighted by molar-refractivity contribution is 6.28. The lowest BCUT2D eigenvalue weighted by Crippen LogP contribution is -2.52. The summed E-state index contributed by atoms with van der Waals surface area (Å²) in [5, 5.41) is 3.05. The van der Waals surface area contributed by atoms with Gasteiger partial charge < -0.3 is 14.5 Å². The summed E-state index contributed by atoms with van der Waals surface area (Å²) in [6.07, 6.45) is 5.43. The molecule has 3 aliphatic carbocycles. The number of aromatic nitrogens is 2. The summed E-state index contributed by atoms with van der Waals surface area (Å²) in [6, 6.07) is 3.01. The van der Waals surface area contributed by atoms with Crippen molar-refractivity contribution >= 4 is 23.4 Å². The zero-order valence-electron chi connectivity index (χ0n) is 14.2. The molecule has 3 aliphatic rings. The molecule has 0 aliphatic heterocycles. The first kappa shape index (κ1) is 17.3. The maximum atomic E-state index is 15.0. The number of methoxy groups -OCH3 is 1. The first-order valence-corrected chi connectivity index (χ1v) is 9.07. The number of anilines is 1. The number of nitrogens with zero attached hydrogens (tertiary/aromatic N) is 2. The van der Waals surface area contributed by atoms with Crippen LogP contribution in [0.5, 0.6) is 0 Å². The summed E-state index contributed by atoms with van der Waals surface area (Å²) in [5.41, 5.74) is -0.00640. The zero-order valence-corrected chi connectivity index (χ0v) is 15.0. The monoisotopic (exact) mass is 379 g/mol. The lowest BCUT2D eigenvalue weighted by molar-refractivity contribution is -0.152. The first-order valence-electron chi connectivity index (χ1n) is 8.69. The molecule has 0 amide bonds. The van der Waals surface area contributed by atoms with Crippen LogP contribution in [0.15, 0.2) is 22.8 Å². The number of esters is 1. The van der Waals surface area contributed by atoms with E-state index in [0.29, 0.717) is 0 Å². The number of carbonyl (C=O) groups is 1. The van der Waals surface area contributed by atoms with E-state index in [0.717, 1.165) is 25.7 Å². The topological polar surface area (TPSA) is 77.2 Å². The SMILES string of the molecule is COC(=O)C1C2CCC(CC2)C1Nc1nc(Cl)nc(-c2ccco2)c1F. The molecule has 1 N–H and O–H groups in total. The van der Waals surface area contributed by atoms with Gasteiger partial charge in [0, 0.05) is 6.04 Å². The number of furan rings is 1. The molecule has 0 radical (unpaired) electrons. The minimum atomic E-state index is -0.644. The molecular formula is C18H19ClFN3O3. The highest BCUT2D eigenvalue weighted by Gasteiger charge is 2.48. The van der Waals surface area contributed by atoms with Gasteiger partial charge in [0.1, 0.15) is 5.69 Å². The van der Waals surface area contributed by atoms with E-state index in [2.05, 4.69) is 15.3 Å². The van der Waals surface area contributed by atoms with E-state index in [4.69, 9.17) is 20.8 Å². The fourth-order valence-electron chi connectivity index (χ4n) is 4.38. The van der Waals surface area contributed by atoms with Crippen LogP contribution in [-0.2, 0) is 9.53 Å². The van der Waals surface area contributed by atoms with Crippen molar-refractivity contribution in [3.63, 3.8) is 0 Å². The summed E-state index contributed by atoms with van der Waals surface area (Å²) >= 11 is 6.00. The normalized spacial score (nSPS) is 27.3. The largest absolute Gasteiger partial charge is 0.469 e. The van der Waals surface area contributed by atoms with E-state index in [-0.39, 0.29) is 52.3 Å². The van der Waals surface area contributed by atoms with Gasteiger partial charge in [-0.1, -0.05) is 0 Å². The summed E-state index contributed by atoms with van der Waals surface area (Å²) in [4.78, 5) is 20.3. The molecule has 138 valence electrons. The molecule has 26 heavy (non-hydrogen) atoms. The average Bonchev–Trinajstić information content (AvgIpc) is 3.19. The molecule has 0 saturated heterocycles. The van der Waals surface area contributed by atoms with Gasteiger partial charge in [-0.15, -0.1) is 0 Å². The van der Waals surface area contributed by atoms with Crippen LogP contribution < -0.4 is 5.32 Å². The van der Waals surface area contributed by atoms with E-state index in [1.54, 1.807) is 12.1 Å². The molecule has 5 rings (SSSR count). The lowest BCUT2D eigenvalue weighted by Gasteiger charge is -2.47. The number of hydrogen-bond donors (Lipinski definition) is 1. The molecule has 0 spiro atoms. The molecule has 2 heterocycles. The predicted molar refractivity (Wildman–Crippen MR) is 93.1 cm³/mol. The minimum Gasteiger partial charge on any atom is -0.469 e. The van der Waals surface area contributed by atoms with Crippen LogP contribution in [0.1, 0.15) is 25.7 Å². The second kappa shape index (κ2) is 6.87. The Morgan fingerprint density at radius 1 is 1.31 bits per heavy atom. The van der Waals surface area contributed by atoms with Gasteiger partial charge in [0.2, 0.25) is 5.28 Å². The van der Waals surface area contributed by atoms with Crippen LogP contribution >= 0.6 is 11.6 Å². The van der Waals surface area contributed by atoms with Gasteiger partial charge in [0.15, 0.2) is 17.4 Å². The van der Waals surface area contributed by atoms with Crippen molar-refractivity contribution < 1.29 is 18.3 Å². The number of hydrogen-bond acceptors (Lipinski definition) is 6. The highest BCUT2D eigenvalue weighted by atomic mass is 35.5. The predicted octanol–water partition coefficient (Wildman–Crippen LogP) is 3.92. The standard InChI is InChI=1S/C18H19ClFN3O3/c1-25-17(24)12-9-4-6-10(7-5-9)14(12)21-16-13(20)15(22-18(19)23-16)11-3-2-8-26-11/h2-3,8-10,12,14H,4-7H2,1H3,(H,21,22,23). The Kier molecular flexibility index (Phi) is 4.56.